The summed E-state index contributed by atoms with van der Waals surface area (Å²) in [5.74, 6) is -0.290. The molecule has 2 N–H and O–H groups in total. The lowest BCUT2D eigenvalue weighted by molar-refractivity contribution is 0.628. The second-order valence-corrected chi connectivity index (χ2v) is 3.61. The van der Waals surface area contributed by atoms with Crippen molar-refractivity contribution < 1.29 is 4.39 Å². The highest BCUT2D eigenvalue weighted by Crippen LogP contribution is 2.19. The number of nitrogens with zero attached hydrogens (tertiary/aromatic N) is 1. The number of anilines is 1. The molecule has 3 nitrogen and oxygen atoms in total. The molecule has 0 bridgehead atoms. The van der Waals surface area contributed by atoms with E-state index < -0.39 is 0 Å². The van der Waals surface area contributed by atoms with Crippen LogP contribution in [0.2, 0.25) is 0 Å². The van der Waals surface area contributed by atoms with Gasteiger partial charge in [0, 0.05) is 18.8 Å². The molecule has 0 aliphatic carbocycles. The number of nitrogens with two attached hydrogens (primary N) is 1. The highest BCUT2D eigenvalue weighted by molar-refractivity contribution is 5.65. The molecule has 1 heterocycles. The van der Waals surface area contributed by atoms with Crippen molar-refractivity contribution in [1.29, 1.82) is 0 Å². The van der Waals surface area contributed by atoms with E-state index in [4.69, 9.17) is 5.73 Å². The lowest BCUT2D eigenvalue weighted by atomic mass is 10.1. The van der Waals surface area contributed by atoms with Crippen molar-refractivity contribution in [3.8, 4) is 11.1 Å². The maximum atomic E-state index is 12.7. The standard InChI is InChI=1S/C12H11FN2O/c1-15-7-9(6-11(14)12(15)16)8-2-4-10(13)5-3-8/h2-7H,14H2,1H3. The Balaban J connectivity index is 2.57. The minimum Gasteiger partial charge on any atom is -0.394 e. The Kier molecular flexibility index (Phi) is 2.48. The van der Waals surface area contributed by atoms with Crippen LogP contribution in [0.5, 0.6) is 0 Å². The molecule has 0 unspecified atom stereocenters. The third kappa shape index (κ3) is 1.82. The molecule has 0 spiro atoms. The zero-order valence-electron chi connectivity index (χ0n) is 8.77. The van der Waals surface area contributed by atoms with Crippen LogP contribution in [0.15, 0.2) is 41.3 Å². The average Bonchev–Trinajstić information content (AvgIpc) is 2.26. The summed E-state index contributed by atoms with van der Waals surface area (Å²) in [7, 11) is 1.63. The lowest BCUT2D eigenvalue weighted by Gasteiger charge is -2.05. The number of aromatic nitrogens is 1. The molecule has 0 amide bonds. The van der Waals surface area contributed by atoms with Gasteiger partial charge in [0.25, 0.3) is 5.56 Å². The van der Waals surface area contributed by atoms with Gasteiger partial charge in [0.05, 0.1) is 5.69 Å². The summed E-state index contributed by atoms with van der Waals surface area (Å²) in [6.07, 6.45) is 1.67. The van der Waals surface area contributed by atoms with Crippen LogP contribution in [0.1, 0.15) is 0 Å². The minimum absolute atomic E-state index is 0.185. The summed E-state index contributed by atoms with van der Waals surface area (Å²) in [4.78, 5) is 11.4. The number of aryl methyl sites for hydroxylation is 1. The number of hydrogen-bond acceptors (Lipinski definition) is 2. The van der Waals surface area contributed by atoms with Gasteiger partial charge in [-0.2, -0.15) is 0 Å². The zero-order chi connectivity index (χ0) is 11.7. The third-order valence-electron chi connectivity index (χ3n) is 2.39. The molecule has 2 aromatic rings. The second kappa shape index (κ2) is 3.81. The van der Waals surface area contributed by atoms with Crippen LogP contribution in [-0.4, -0.2) is 4.57 Å². The number of rotatable bonds is 1. The predicted molar refractivity (Wildman–Crippen MR) is 61.5 cm³/mol. The first-order chi connectivity index (χ1) is 7.58. The molecule has 0 atom stereocenters. The summed E-state index contributed by atoms with van der Waals surface area (Å²) in [6, 6.07) is 7.63. The first kappa shape index (κ1) is 10.4. The fourth-order valence-electron chi connectivity index (χ4n) is 1.54. The van der Waals surface area contributed by atoms with E-state index >= 15 is 0 Å². The highest BCUT2D eigenvalue weighted by Gasteiger charge is 2.03. The van der Waals surface area contributed by atoms with E-state index in [2.05, 4.69) is 0 Å². The molecular weight excluding hydrogens is 207 g/mol. The fourth-order valence-corrected chi connectivity index (χ4v) is 1.54. The normalized spacial score (nSPS) is 10.4. The summed E-state index contributed by atoms with van der Waals surface area (Å²) < 4.78 is 14.2. The second-order valence-electron chi connectivity index (χ2n) is 3.61. The molecule has 1 aromatic carbocycles. The summed E-state index contributed by atoms with van der Waals surface area (Å²) in [5.41, 5.74) is 7.15. The van der Waals surface area contributed by atoms with E-state index in [9.17, 15) is 9.18 Å². The van der Waals surface area contributed by atoms with Crippen LogP contribution in [-0.2, 0) is 7.05 Å². The van der Waals surface area contributed by atoms with Gasteiger partial charge in [-0.05, 0) is 23.8 Å². The summed E-state index contributed by atoms with van der Waals surface area (Å²) >= 11 is 0. The van der Waals surface area contributed by atoms with Crippen LogP contribution in [0.4, 0.5) is 10.1 Å². The van der Waals surface area contributed by atoms with E-state index in [1.54, 1.807) is 31.4 Å². The number of nitrogen functional groups attached to an aromatic ring is 1. The topological polar surface area (TPSA) is 48.0 Å². The van der Waals surface area contributed by atoms with Gasteiger partial charge >= 0.3 is 0 Å². The number of hydrogen-bond donors (Lipinski definition) is 1. The molecule has 0 aliphatic rings. The van der Waals surface area contributed by atoms with E-state index in [1.807, 2.05) is 0 Å². The molecule has 16 heavy (non-hydrogen) atoms. The molecular formula is C12H11FN2O. The Hall–Kier alpha value is -2.10. The van der Waals surface area contributed by atoms with E-state index in [-0.39, 0.29) is 17.1 Å². The van der Waals surface area contributed by atoms with Gasteiger partial charge in [-0.1, -0.05) is 12.1 Å². The number of benzene rings is 1. The predicted octanol–water partition coefficient (Wildman–Crippen LogP) is 1.77. The molecule has 0 saturated carbocycles. The van der Waals surface area contributed by atoms with Crippen LogP contribution >= 0.6 is 0 Å². The first-order valence-corrected chi connectivity index (χ1v) is 4.80. The Labute approximate surface area is 92.0 Å². The van der Waals surface area contributed by atoms with Gasteiger partial charge in [-0.15, -0.1) is 0 Å². The molecule has 82 valence electrons. The molecule has 0 saturated heterocycles. The zero-order valence-corrected chi connectivity index (χ0v) is 8.77. The quantitative estimate of drug-likeness (QED) is 0.793. The molecule has 4 heteroatoms. The van der Waals surface area contributed by atoms with Crippen molar-refractivity contribution in [3.63, 3.8) is 0 Å². The van der Waals surface area contributed by atoms with Gasteiger partial charge in [0.2, 0.25) is 0 Å². The van der Waals surface area contributed by atoms with Crippen LogP contribution in [0, 0.1) is 5.82 Å². The SMILES string of the molecule is Cn1cc(-c2ccc(F)cc2)cc(N)c1=O. The Morgan fingerprint density at radius 3 is 2.38 bits per heavy atom. The number of halogens is 1. The molecule has 0 radical (unpaired) electrons. The maximum Gasteiger partial charge on any atom is 0.273 e. The maximum absolute atomic E-state index is 12.7. The van der Waals surface area contributed by atoms with Crippen LogP contribution in [0.3, 0.4) is 0 Å². The Morgan fingerprint density at radius 2 is 1.81 bits per heavy atom. The third-order valence-corrected chi connectivity index (χ3v) is 2.39. The highest BCUT2D eigenvalue weighted by atomic mass is 19.1. The Morgan fingerprint density at radius 1 is 1.19 bits per heavy atom. The smallest absolute Gasteiger partial charge is 0.273 e. The van der Waals surface area contributed by atoms with E-state index in [0.29, 0.717) is 0 Å². The molecule has 2 rings (SSSR count). The van der Waals surface area contributed by atoms with Gasteiger partial charge in [0.1, 0.15) is 5.82 Å². The molecule has 0 aliphatic heterocycles. The largest absolute Gasteiger partial charge is 0.394 e. The fraction of sp³-hybridized carbons (Fsp3) is 0.0833. The van der Waals surface area contributed by atoms with Gasteiger partial charge in [0.15, 0.2) is 0 Å². The minimum atomic E-state index is -0.290. The molecule has 0 fully saturated rings. The van der Waals surface area contributed by atoms with Crippen LogP contribution < -0.4 is 11.3 Å². The lowest BCUT2D eigenvalue weighted by Crippen LogP contribution is -2.19. The van der Waals surface area contributed by atoms with Crippen molar-refractivity contribution in [1.82, 2.24) is 4.57 Å². The van der Waals surface area contributed by atoms with Crippen molar-refractivity contribution in [2.45, 2.75) is 0 Å². The van der Waals surface area contributed by atoms with Gasteiger partial charge < -0.3 is 10.3 Å². The van der Waals surface area contributed by atoms with Crippen molar-refractivity contribution >= 4 is 5.69 Å². The molecule has 1 aromatic heterocycles. The summed E-state index contributed by atoms with van der Waals surface area (Å²) in [5, 5.41) is 0. The van der Waals surface area contributed by atoms with Gasteiger partial charge in [-0.3, -0.25) is 4.79 Å². The average molecular weight is 218 g/mol. The van der Waals surface area contributed by atoms with Crippen molar-refractivity contribution in [2.75, 3.05) is 5.73 Å². The van der Waals surface area contributed by atoms with Crippen molar-refractivity contribution in [2.24, 2.45) is 7.05 Å². The number of pyridine rings is 1. The first-order valence-electron chi connectivity index (χ1n) is 4.80. The Bertz CT molecular complexity index is 546. The van der Waals surface area contributed by atoms with Gasteiger partial charge in [-0.25, -0.2) is 4.39 Å². The summed E-state index contributed by atoms with van der Waals surface area (Å²) in [6.45, 7) is 0. The van der Waals surface area contributed by atoms with Crippen molar-refractivity contribution in [3.05, 3.63) is 52.7 Å². The van der Waals surface area contributed by atoms with E-state index in [0.717, 1.165) is 11.1 Å². The van der Waals surface area contributed by atoms with E-state index in [1.165, 1.54) is 16.7 Å². The van der Waals surface area contributed by atoms with Crippen LogP contribution in [0.25, 0.3) is 11.1 Å². The monoisotopic (exact) mass is 218 g/mol.